The van der Waals surface area contributed by atoms with Gasteiger partial charge in [-0.1, -0.05) is 36.4 Å². The van der Waals surface area contributed by atoms with Gasteiger partial charge in [0.05, 0.1) is 5.71 Å². The zero-order chi connectivity index (χ0) is 13.7. The summed E-state index contributed by atoms with van der Waals surface area (Å²) in [6.07, 6.45) is 0. The van der Waals surface area contributed by atoms with E-state index in [1.807, 2.05) is 50.2 Å². The van der Waals surface area contributed by atoms with Gasteiger partial charge in [-0.2, -0.15) is 5.10 Å². The van der Waals surface area contributed by atoms with Crippen LogP contribution in [0, 0.1) is 6.92 Å². The normalized spacial score (nSPS) is 11.2. The molecule has 2 aromatic rings. The third-order valence-corrected chi connectivity index (χ3v) is 2.64. The van der Waals surface area contributed by atoms with Crippen molar-refractivity contribution in [3.63, 3.8) is 0 Å². The number of amides is 1. The number of carbonyl (C=O) groups is 1. The van der Waals surface area contributed by atoms with Gasteiger partial charge in [-0.15, -0.1) is 0 Å². The summed E-state index contributed by atoms with van der Waals surface area (Å²) in [5.74, 6) is -0.306. The van der Waals surface area contributed by atoms with Crippen LogP contribution in [0.15, 0.2) is 53.6 Å². The van der Waals surface area contributed by atoms with Crippen LogP contribution in [0.2, 0.25) is 0 Å². The number of carbonyl (C=O) groups excluding carboxylic acids is 1. The lowest BCUT2D eigenvalue weighted by Crippen LogP contribution is -2.20. The van der Waals surface area contributed by atoms with Crippen LogP contribution in [-0.2, 0) is 0 Å². The lowest BCUT2D eigenvalue weighted by atomic mass is 10.1. The molecule has 0 radical (unpaired) electrons. The van der Waals surface area contributed by atoms with E-state index in [0.717, 1.165) is 17.0 Å². The van der Waals surface area contributed by atoms with Crippen LogP contribution in [0.5, 0.6) is 0 Å². The van der Waals surface area contributed by atoms with Crippen molar-refractivity contribution in [2.75, 3.05) is 0 Å². The zero-order valence-corrected chi connectivity index (χ0v) is 10.9. The molecule has 2 rings (SSSR count). The average molecular weight is 253 g/mol. The van der Waals surface area contributed by atoms with E-state index in [-0.39, 0.29) is 5.91 Å². The molecule has 1 heterocycles. The maximum atomic E-state index is 11.9. The van der Waals surface area contributed by atoms with Crippen LogP contribution in [0.3, 0.4) is 0 Å². The van der Waals surface area contributed by atoms with E-state index in [9.17, 15) is 4.79 Å². The van der Waals surface area contributed by atoms with Crippen molar-refractivity contribution in [1.29, 1.82) is 0 Å². The Hall–Kier alpha value is -2.49. The molecule has 1 N–H and O–H groups in total. The van der Waals surface area contributed by atoms with Gasteiger partial charge in [0.2, 0.25) is 0 Å². The molecule has 1 aromatic heterocycles. The van der Waals surface area contributed by atoms with Crippen LogP contribution < -0.4 is 5.43 Å². The van der Waals surface area contributed by atoms with Gasteiger partial charge in [0.15, 0.2) is 0 Å². The van der Waals surface area contributed by atoms with Gasteiger partial charge in [-0.3, -0.25) is 4.79 Å². The van der Waals surface area contributed by atoms with Crippen molar-refractivity contribution in [2.24, 2.45) is 5.10 Å². The lowest BCUT2D eigenvalue weighted by molar-refractivity contribution is 0.0949. The molecule has 0 spiro atoms. The molecule has 0 aliphatic rings. The number of pyridine rings is 1. The van der Waals surface area contributed by atoms with Crippen molar-refractivity contribution < 1.29 is 4.79 Å². The Kier molecular flexibility index (Phi) is 4.03. The third kappa shape index (κ3) is 3.48. The van der Waals surface area contributed by atoms with Gasteiger partial charge in [0.25, 0.3) is 5.91 Å². The highest BCUT2D eigenvalue weighted by Crippen LogP contribution is 2.01. The summed E-state index contributed by atoms with van der Waals surface area (Å²) in [7, 11) is 0. The molecule has 0 saturated heterocycles. The topological polar surface area (TPSA) is 54.4 Å². The van der Waals surface area contributed by atoms with E-state index >= 15 is 0 Å². The number of aromatic nitrogens is 1. The Labute approximate surface area is 112 Å². The van der Waals surface area contributed by atoms with E-state index < -0.39 is 0 Å². The molecule has 1 amide bonds. The van der Waals surface area contributed by atoms with E-state index in [1.54, 1.807) is 12.1 Å². The van der Waals surface area contributed by atoms with Gasteiger partial charge < -0.3 is 0 Å². The summed E-state index contributed by atoms with van der Waals surface area (Å²) in [4.78, 5) is 16.0. The van der Waals surface area contributed by atoms with Gasteiger partial charge >= 0.3 is 0 Å². The summed E-state index contributed by atoms with van der Waals surface area (Å²) >= 11 is 0. The second-order valence-corrected chi connectivity index (χ2v) is 4.17. The maximum absolute atomic E-state index is 11.9. The highest BCUT2D eigenvalue weighted by atomic mass is 16.2. The largest absolute Gasteiger partial charge is 0.289 e. The number of aryl methyl sites for hydroxylation is 1. The summed E-state index contributed by atoms with van der Waals surface area (Å²) in [6.45, 7) is 3.69. The van der Waals surface area contributed by atoms with E-state index in [2.05, 4.69) is 15.5 Å². The minimum absolute atomic E-state index is 0.306. The molecule has 4 heteroatoms. The number of nitrogens with zero attached hydrogens (tertiary/aromatic N) is 2. The molecule has 0 unspecified atom stereocenters. The first kappa shape index (κ1) is 13.0. The zero-order valence-electron chi connectivity index (χ0n) is 10.9. The van der Waals surface area contributed by atoms with E-state index in [1.165, 1.54) is 0 Å². The summed E-state index contributed by atoms with van der Waals surface area (Å²) in [6, 6.07) is 15.0. The molecule has 0 atom stereocenters. The highest BCUT2D eigenvalue weighted by Gasteiger charge is 2.06. The first-order valence-electron chi connectivity index (χ1n) is 6.00. The predicted molar refractivity (Wildman–Crippen MR) is 75.1 cm³/mol. The summed E-state index contributed by atoms with van der Waals surface area (Å²) in [5, 5.41) is 4.08. The van der Waals surface area contributed by atoms with Gasteiger partial charge in [0, 0.05) is 5.69 Å². The molecule has 0 aliphatic heterocycles. The Morgan fingerprint density at radius 2 is 1.84 bits per heavy atom. The Balaban J connectivity index is 2.08. The van der Waals surface area contributed by atoms with E-state index in [0.29, 0.717) is 5.69 Å². The minimum atomic E-state index is -0.306. The van der Waals surface area contributed by atoms with Crippen molar-refractivity contribution >= 4 is 11.6 Å². The van der Waals surface area contributed by atoms with E-state index in [4.69, 9.17) is 0 Å². The molecule has 0 bridgehead atoms. The molecule has 0 aliphatic carbocycles. The number of hydrazone groups is 1. The fraction of sp³-hybridized carbons (Fsp3) is 0.133. The second kappa shape index (κ2) is 5.91. The third-order valence-electron chi connectivity index (χ3n) is 2.64. The maximum Gasteiger partial charge on any atom is 0.289 e. The molecule has 1 aromatic carbocycles. The summed E-state index contributed by atoms with van der Waals surface area (Å²) < 4.78 is 0. The number of hydrogen-bond acceptors (Lipinski definition) is 3. The van der Waals surface area contributed by atoms with Gasteiger partial charge in [-0.05, 0) is 31.5 Å². The predicted octanol–water partition coefficient (Wildman–Crippen LogP) is 2.54. The molecule has 4 nitrogen and oxygen atoms in total. The Morgan fingerprint density at radius 1 is 1.11 bits per heavy atom. The number of nitrogens with one attached hydrogen (secondary N) is 1. The van der Waals surface area contributed by atoms with Crippen molar-refractivity contribution in [1.82, 2.24) is 10.4 Å². The minimum Gasteiger partial charge on any atom is -0.266 e. The van der Waals surface area contributed by atoms with Crippen molar-refractivity contribution in [3.8, 4) is 0 Å². The number of rotatable bonds is 3. The molecule has 0 fully saturated rings. The first-order chi connectivity index (χ1) is 9.16. The van der Waals surface area contributed by atoms with Crippen LogP contribution in [0.1, 0.15) is 28.7 Å². The highest BCUT2D eigenvalue weighted by molar-refractivity contribution is 6.00. The molecule has 19 heavy (non-hydrogen) atoms. The fourth-order valence-corrected chi connectivity index (χ4v) is 1.61. The molecular weight excluding hydrogens is 238 g/mol. The first-order valence-corrected chi connectivity index (χ1v) is 6.00. The van der Waals surface area contributed by atoms with Crippen LogP contribution >= 0.6 is 0 Å². The van der Waals surface area contributed by atoms with Crippen molar-refractivity contribution in [2.45, 2.75) is 13.8 Å². The average Bonchev–Trinajstić information content (AvgIpc) is 2.45. The lowest BCUT2D eigenvalue weighted by Gasteiger charge is -2.03. The Morgan fingerprint density at radius 3 is 2.53 bits per heavy atom. The van der Waals surface area contributed by atoms with Gasteiger partial charge in [0.1, 0.15) is 5.69 Å². The van der Waals surface area contributed by atoms with Crippen LogP contribution in [-0.4, -0.2) is 16.6 Å². The standard InChI is InChI=1S/C15H15N3O/c1-11-7-6-10-14(16-11)15(19)18-17-12(2)13-8-4-3-5-9-13/h3-10H,1-2H3,(H,18,19)/b17-12+. The second-order valence-electron chi connectivity index (χ2n) is 4.17. The SMILES string of the molecule is C/C(=N\NC(=O)c1cccc(C)n1)c1ccccc1. The number of hydrogen-bond donors (Lipinski definition) is 1. The van der Waals surface area contributed by atoms with Gasteiger partial charge in [-0.25, -0.2) is 10.4 Å². The van der Waals surface area contributed by atoms with Crippen LogP contribution in [0.4, 0.5) is 0 Å². The Bertz CT molecular complexity index is 606. The fourth-order valence-electron chi connectivity index (χ4n) is 1.61. The smallest absolute Gasteiger partial charge is 0.266 e. The van der Waals surface area contributed by atoms with Crippen molar-refractivity contribution in [3.05, 3.63) is 65.5 Å². The molecule has 0 saturated carbocycles. The number of benzene rings is 1. The quantitative estimate of drug-likeness (QED) is 0.675. The molecule has 96 valence electrons. The molecular formula is C15H15N3O. The monoisotopic (exact) mass is 253 g/mol. The summed E-state index contributed by atoms with van der Waals surface area (Å²) in [5.41, 5.74) is 5.40. The van der Waals surface area contributed by atoms with Crippen LogP contribution in [0.25, 0.3) is 0 Å².